The molecule has 19 heavy (non-hydrogen) atoms. The summed E-state index contributed by atoms with van der Waals surface area (Å²) in [6, 6.07) is 1.99. The molecule has 0 fully saturated rings. The molecular formula is C14H27N5. The highest BCUT2D eigenvalue weighted by molar-refractivity contribution is 5.47. The quantitative estimate of drug-likeness (QED) is 0.669. The van der Waals surface area contributed by atoms with Gasteiger partial charge in [0.2, 0.25) is 0 Å². The Kier molecular flexibility index (Phi) is 7.18. The van der Waals surface area contributed by atoms with Crippen molar-refractivity contribution in [2.24, 2.45) is 11.7 Å². The monoisotopic (exact) mass is 265 g/mol. The van der Waals surface area contributed by atoms with Gasteiger partial charge in [-0.05, 0) is 31.7 Å². The Bertz CT molecular complexity index is 353. The molecule has 0 aliphatic carbocycles. The highest BCUT2D eigenvalue weighted by Gasteiger charge is 2.03. The molecule has 0 bridgehead atoms. The highest BCUT2D eigenvalue weighted by atomic mass is 15.2. The minimum absolute atomic E-state index is 0.704. The fourth-order valence-electron chi connectivity index (χ4n) is 1.82. The third-order valence-electron chi connectivity index (χ3n) is 3.01. The van der Waals surface area contributed by atoms with Gasteiger partial charge in [0.1, 0.15) is 18.0 Å². The summed E-state index contributed by atoms with van der Waals surface area (Å²) in [6.07, 6.45) is 4.98. The zero-order chi connectivity index (χ0) is 14.1. The van der Waals surface area contributed by atoms with Gasteiger partial charge in [-0.1, -0.05) is 13.8 Å². The third kappa shape index (κ3) is 6.38. The second kappa shape index (κ2) is 8.69. The molecule has 1 aromatic rings. The van der Waals surface area contributed by atoms with Crippen LogP contribution in [0.5, 0.6) is 0 Å². The Morgan fingerprint density at radius 1 is 1.32 bits per heavy atom. The van der Waals surface area contributed by atoms with E-state index in [9.17, 15) is 0 Å². The number of anilines is 2. The van der Waals surface area contributed by atoms with Crippen LogP contribution in [0.3, 0.4) is 0 Å². The summed E-state index contributed by atoms with van der Waals surface area (Å²) >= 11 is 0. The molecule has 0 amide bonds. The summed E-state index contributed by atoms with van der Waals surface area (Å²) in [4.78, 5) is 10.6. The highest BCUT2D eigenvalue weighted by Crippen LogP contribution is 2.13. The van der Waals surface area contributed by atoms with Gasteiger partial charge in [-0.3, -0.25) is 0 Å². The van der Waals surface area contributed by atoms with Gasteiger partial charge in [0.15, 0.2) is 0 Å². The summed E-state index contributed by atoms with van der Waals surface area (Å²) in [5, 5.41) is 3.35. The predicted octanol–water partition coefficient (Wildman–Crippen LogP) is 2.11. The number of nitrogens with two attached hydrogens (primary N) is 1. The second-order valence-electron chi connectivity index (χ2n) is 5.29. The van der Waals surface area contributed by atoms with Crippen molar-refractivity contribution in [2.45, 2.75) is 33.1 Å². The maximum absolute atomic E-state index is 5.52. The molecule has 5 nitrogen and oxygen atoms in total. The Morgan fingerprint density at radius 3 is 2.79 bits per heavy atom. The van der Waals surface area contributed by atoms with Gasteiger partial charge in [0, 0.05) is 26.2 Å². The Hall–Kier alpha value is -1.36. The first-order chi connectivity index (χ1) is 9.13. The summed E-state index contributed by atoms with van der Waals surface area (Å²) in [6.45, 7) is 7.07. The van der Waals surface area contributed by atoms with E-state index in [2.05, 4.69) is 34.0 Å². The summed E-state index contributed by atoms with van der Waals surface area (Å²) < 4.78 is 0. The van der Waals surface area contributed by atoms with E-state index in [0.29, 0.717) is 6.54 Å². The molecule has 0 radical (unpaired) electrons. The van der Waals surface area contributed by atoms with Crippen molar-refractivity contribution in [3.05, 3.63) is 12.4 Å². The number of nitrogens with zero attached hydrogens (tertiary/aromatic N) is 3. The molecule has 0 spiro atoms. The average molecular weight is 265 g/mol. The van der Waals surface area contributed by atoms with Crippen LogP contribution in [0.2, 0.25) is 0 Å². The van der Waals surface area contributed by atoms with Crippen LogP contribution in [0.15, 0.2) is 12.4 Å². The van der Waals surface area contributed by atoms with Gasteiger partial charge in [-0.15, -0.1) is 0 Å². The topological polar surface area (TPSA) is 67.1 Å². The van der Waals surface area contributed by atoms with Crippen molar-refractivity contribution < 1.29 is 0 Å². The average Bonchev–Trinajstić information content (AvgIpc) is 2.41. The number of rotatable bonds is 9. The van der Waals surface area contributed by atoms with E-state index >= 15 is 0 Å². The lowest BCUT2D eigenvalue weighted by Gasteiger charge is -2.18. The Morgan fingerprint density at radius 2 is 2.11 bits per heavy atom. The van der Waals surface area contributed by atoms with Crippen molar-refractivity contribution in [1.29, 1.82) is 0 Å². The molecule has 0 aromatic carbocycles. The van der Waals surface area contributed by atoms with Crippen LogP contribution in [0.25, 0.3) is 0 Å². The standard InChI is InChI=1S/C14H27N5/c1-12(2)6-4-8-16-13-10-14(18-11-17-13)19(3)9-5-7-15/h10-12H,4-9,15H2,1-3H3,(H,16,17,18). The van der Waals surface area contributed by atoms with Crippen molar-refractivity contribution in [3.8, 4) is 0 Å². The van der Waals surface area contributed by atoms with Gasteiger partial charge in [0.05, 0.1) is 0 Å². The number of aromatic nitrogens is 2. The van der Waals surface area contributed by atoms with E-state index in [-0.39, 0.29) is 0 Å². The van der Waals surface area contributed by atoms with E-state index in [1.54, 1.807) is 6.33 Å². The minimum Gasteiger partial charge on any atom is -0.370 e. The zero-order valence-electron chi connectivity index (χ0n) is 12.4. The fraction of sp³-hybridized carbons (Fsp3) is 0.714. The van der Waals surface area contributed by atoms with Crippen LogP contribution in [0.1, 0.15) is 33.1 Å². The van der Waals surface area contributed by atoms with Crippen LogP contribution in [0, 0.1) is 5.92 Å². The molecule has 0 unspecified atom stereocenters. The molecule has 5 heteroatoms. The van der Waals surface area contributed by atoms with Crippen LogP contribution >= 0.6 is 0 Å². The smallest absolute Gasteiger partial charge is 0.133 e. The second-order valence-corrected chi connectivity index (χ2v) is 5.29. The summed E-state index contributed by atoms with van der Waals surface area (Å²) in [7, 11) is 2.03. The largest absolute Gasteiger partial charge is 0.370 e. The first kappa shape index (κ1) is 15.7. The Labute approximate surface area is 116 Å². The van der Waals surface area contributed by atoms with Gasteiger partial charge in [-0.2, -0.15) is 0 Å². The predicted molar refractivity (Wildman–Crippen MR) is 81.5 cm³/mol. The summed E-state index contributed by atoms with van der Waals surface area (Å²) in [5.41, 5.74) is 5.52. The first-order valence-electron chi connectivity index (χ1n) is 7.10. The van der Waals surface area contributed by atoms with Gasteiger partial charge in [0.25, 0.3) is 0 Å². The lowest BCUT2D eigenvalue weighted by Crippen LogP contribution is -2.22. The number of hydrogen-bond donors (Lipinski definition) is 2. The van der Waals surface area contributed by atoms with Crippen LogP contribution < -0.4 is 16.0 Å². The number of hydrogen-bond acceptors (Lipinski definition) is 5. The van der Waals surface area contributed by atoms with Gasteiger partial charge in [-0.25, -0.2) is 9.97 Å². The maximum Gasteiger partial charge on any atom is 0.133 e. The molecular weight excluding hydrogens is 238 g/mol. The van der Waals surface area contributed by atoms with E-state index in [0.717, 1.165) is 37.1 Å². The van der Waals surface area contributed by atoms with Crippen LogP contribution in [-0.4, -0.2) is 36.6 Å². The lowest BCUT2D eigenvalue weighted by molar-refractivity contribution is 0.566. The van der Waals surface area contributed by atoms with Crippen molar-refractivity contribution in [1.82, 2.24) is 9.97 Å². The van der Waals surface area contributed by atoms with Crippen molar-refractivity contribution >= 4 is 11.6 Å². The zero-order valence-corrected chi connectivity index (χ0v) is 12.4. The molecule has 0 saturated heterocycles. The minimum atomic E-state index is 0.704. The molecule has 0 aliphatic heterocycles. The van der Waals surface area contributed by atoms with E-state index in [1.807, 2.05) is 13.1 Å². The van der Waals surface area contributed by atoms with Gasteiger partial charge < -0.3 is 16.0 Å². The molecule has 3 N–H and O–H groups in total. The van der Waals surface area contributed by atoms with E-state index < -0.39 is 0 Å². The Balaban J connectivity index is 2.43. The molecule has 108 valence electrons. The first-order valence-corrected chi connectivity index (χ1v) is 7.10. The molecule has 0 aliphatic rings. The fourth-order valence-corrected chi connectivity index (χ4v) is 1.82. The van der Waals surface area contributed by atoms with E-state index in [4.69, 9.17) is 5.73 Å². The molecule has 1 heterocycles. The lowest BCUT2D eigenvalue weighted by atomic mass is 10.1. The normalized spacial score (nSPS) is 10.8. The number of nitrogens with one attached hydrogen (secondary N) is 1. The van der Waals surface area contributed by atoms with Crippen LogP contribution in [0.4, 0.5) is 11.6 Å². The molecule has 1 aromatic heterocycles. The van der Waals surface area contributed by atoms with Gasteiger partial charge >= 0.3 is 0 Å². The third-order valence-corrected chi connectivity index (χ3v) is 3.01. The van der Waals surface area contributed by atoms with Crippen LogP contribution in [-0.2, 0) is 0 Å². The van der Waals surface area contributed by atoms with E-state index in [1.165, 1.54) is 12.8 Å². The SMILES string of the molecule is CC(C)CCCNc1cc(N(C)CCCN)ncn1. The molecule has 1 rings (SSSR count). The van der Waals surface area contributed by atoms with Crippen molar-refractivity contribution in [2.75, 3.05) is 36.9 Å². The molecule has 0 saturated carbocycles. The van der Waals surface area contributed by atoms with Crippen molar-refractivity contribution in [3.63, 3.8) is 0 Å². The maximum atomic E-state index is 5.52. The summed E-state index contributed by atoms with van der Waals surface area (Å²) in [5.74, 6) is 2.59. The molecule has 0 atom stereocenters.